The molecule has 0 amide bonds. The van der Waals surface area contributed by atoms with Crippen LogP contribution in [0.4, 0.5) is 5.82 Å². The van der Waals surface area contributed by atoms with Gasteiger partial charge in [-0.25, -0.2) is 13.4 Å². The van der Waals surface area contributed by atoms with Crippen LogP contribution in [0.25, 0.3) is 0 Å². The van der Waals surface area contributed by atoms with Gasteiger partial charge in [0.1, 0.15) is 10.7 Å². The molecule has 0 spiro atoms. The van der Waals surface area contributed by atoms with Gasteiger partial charge in [0.05, 0.1) is 6.10 Å². The molecule has 1 aromatic heterocycles. The number of aromatic nitrogens is 1. The highest BCUT2D eigenvalue weighted by Gasteiger charge is 2.29. The van der Waals surface area contributed by atoms with Crippen LogP contribution in [0.15, 0.2) is 23.2 Å². The van der Waals surface area contributed by atoms with Crippen LogP contribution >= 0.6 is 0 Å². The summed E-state index contributed by atoms with van der Waals surface area (Å²) in [6, 6.07) is 2.88. The van der Waals surface area contributed by atoms with E-state index in [9.17, 15) is 13.5 Å². The first kappa shape index (κ1) is 12.3. The lowest BCUT2D eigenvalue weighted by atomic mass is 10.1. The molecule has 1 saturated heterocycles. The number of piperidine rings is 1. The van der Waals surface area contributed by atoms with Crippen LogP contribution in [0, 0.1) is 0 Å². The highest BCUT2D eigenvalue weighted by Crippen LogP contribution is 2.20. The van der Waals surface area contributed by atoms with Crippen LogP contribution in [0.2, 0.25) is 0 Å². The van der Waals surface area contributed by atoms with Gasteiger partial charge in [0.25, 0.3) is 0 Å². The minimum absolute atomic E-state index is 0.112. The molecule has 1 aromatic rings. The van der Waals surface area contributed by atoms with Crippen molar-refractivity contribution in [1.29, 1.82) is 0 Å². The van der Waals surface area contributed by atoms with E-state index >= 15 is 0 Å². The molecular formula is C10H15N3O3S. The van der Waals surface area contributed by atoms with E-state index in [4.69, 9.17) is 5.73 Å². The number of nitrogen functional groups attached to an aromatic ring is 1. The molecule has 0 radical (unpaired) electrons. The number of nitrogens with two attached hydrogens (primary N) is 1. The molecule has 0 bridgehead atoms. The fourth-order valence-electron chi connectivity index (χ4n) is 1.83. The van der Waals surface area contributed by atoms with Crippen molar-refractivity contribution >= 4 is 15.8 Å². The second kappa shape index (κ2) is 4.59. The summed E-state index contributed by atoms with van der Waals surface area (Å²) >= 11 is 0. The molecule has 3 N–H and O–H groups in total. The molecule has 2 rings (SSSR count). The van der Waals surface area contributed by atoms with Crippen LogP contribution in [0.1, 0.15) is 12.8 Å². The summed E-state index contributed by atoms with van der Waals surface area (Å²) in [4.78, 5) is 3.88. The van der Waals surface area contributed by atoms with Crippen LogP contribution < -0.4 is 5.73 Å². The van der Waals surface area contributed by atoms with Gasteiger partial charge in [-0.15, -0.1) is 0 Å². The summed E-state index contributed by atoms with van der Waals surface area (Å²) in [6.07, 6.45) is 1.97. The van der Waals surface area contributed by atoms with Gasteiger partial charge < -0.3 is 10.8 Å². The molecule has 1 atom stereocenters. The third-order valence-corrected chi connectivity index (χ3v) is 4.60. The number of hydrogen-bond donors (Lipinski definition) is 2. The van der Waals surface area contributed by atoms with Gasteiger partial charge in [0.15, 0.2) is 0 Å². The quantitative estimate of drug-likeness (QED) is 0.765. The maximum atomic E-state index is 12.2. The van der Waals surface area contributed by atoms with E-state index in [1.54, 1.807) is 0 Å². The van der Waals surface area contributed by atoms with Crippen LogP contribution in [0.3, 0.4) is 0 Å². The topological polar surface area (TPSA) is 96.5 Å². The van der Waals surface area contributed by atoms with Crippen molar-refractivity contribution in [1.82, 2.24) is 9.29 Å². The first-order chi connectivity index (χ1) is 8.00. The monoisotopic (exact) mass is 257 g/mol. The zero-order chi connectivity index (χ0) is 12.5. The third-order valence-electron chi connectivity index (χ3n) is 2.76. The van der Waals surface area contributed by atoms with E-state index in [1.165, 1.54) is 22.6 Å². The number of sulfonamides is 1. The van der Waals surface area contributed by atoms with E-state index < -0.39 is 16.1 Å². The lowest BCUT2D eigenvalue weighted by molar-refractivity contribution is 0.108. The molecule has 94 valence electrons. The molecule has 1 fully saturated rings. The van der Waals surface area contributed by atoms with Crippen molar-refractivity contribution in [3.8, 4) is 0 Å². The minimum Gasteiger partial charge on any atom is -0.392 e. The fraction of sp³-hybridized carbons (Fsp3) is 0.500. The van der Waals surface area contributed by atoms with E-state index in [1.807, 2.05) is 0 Å². The van der Waals surface area contributed by atoms with Gasteiger partial charge in [0, 0.05) is 19.3 Å². The van der Waals surface area contributed by atoms with E-state index in [-0.39, 0.29) is 17.3 Å². The number of aliphatic hydroxyl groups is 1. The first-order valence-electron chi connectivity index (χ1n) is 5.40. The second-order valence-electron chi connectivity index (χ2n) is 4.08. The van der Waals surface area contributed by atoms with Crippen molar-refractivity contribution in [2.45, 2.75) is 23.8 Å². The molecule has 2 heterocycles. The molecule has 1 aliphatic heterocycles. The van der Waals surface area contributed by atoms with Crippen LogP contribution in [-0.2, 0) is 10.0 Å². The molecule has 1 unspecified atom stereocenters. The number of aliphatic hydroxyl groups excluding tert-OH is 1. The van der Waals surface area contributed by atoms with Gasteiger partial charge in [-0.1, -0.05) is 0 Å². The number of β-amino-alcohol motifs (C(OH)–C–C–N with tert-alkyl or cyclic N) is 1. The van der Waals surface area contributed by atoms with E-state index in [0.29, 0.717) is 19.4 Å². The summed E-state index contributed by atoms with van der Waals surface area (Å²) in [6.45, 7) is 0.580. The normalized spacial score (nSPS) is 22.5. The van der Waals surface area contributed by atoms with E-state index in [0.717, 1.165) is 0 Å². The highest BCUT2D eigenvalue weighted by molar-refractivity contribution is 7.89. The lowest BCUT2D eigenvalue weighted by Crippen LogP contribution is -2.42. The summed E-state index contributed by atoms with van der Waals surface area (Å²) in [5.74, 6) is 0.280. The third kappa shape index (κ3) is 2.56. The number of hydrogen-bond acceptors (Lipinski definition) is 5. The van der Waals surface area contributed by atoms with Gasteiger partial charge in [-0.05, 0) is 25.0 Å². The molecule has 17 heavy (non-hydrogen) atoms. The Morgan fingerprint density at radius 2 is 2.24 bits per heavy atom. The van der Waals surface area contributed by atoms with Crippen LogP contribution in [-0.4, -0.2) is 42.0 Å². The Hall–Kier alpha value is -1.18. The van der Waals surface area contributed by atoms with E-state index in [2.05, 4.69) is 4.98 Å². The zero-order valence-electron chi connectivity index (χ0n) is 9.28. The summed E-state index contributed by atoms with van der Waals surface area (Å²) in [5, 5.41) is 9.49. The number of nitrogens with zero attached hydrogens (tertiary/aromatic N) is 2. The van der Waals surface area contributed by atoms with Crippen molar-refractivity contribution in [2.75, 3.05) is 18.8 Å². The summed E-state index contributed by atoms with van der Waals surface area (Å²) in [7, 11) is -3.56. The SMILES string of the molecule is Nc1ccc(S(=O)(=O)N2CCCC(O)C2)cn1. The molecule has 0 aliphatic carbocycles. The molecule has 6 nitrogen and oxygen atoms in total. The Morgan fingerprint density at radius 1 is 1.47 bits per heavy atom. The maximum absolute atomic E-state index is 12.2. The molecule has 7 heteroatoms. The van der Waals surface area contributed by atoms with Gasteiger partial charge in [0.2, 0.25) is 10.0 Å². The minimum atomic E-state index is -3.56. The van der Waals surface area contributed by atoms with Crippen LogP contribution in [0.5, 0.6) is 0 Å². The van der Waals surface area contributed by atoms with Crippen molar-refractivity contribution in [2.24, 2.45) is 0 Å². The lowest BCUT2D eigenvalue weighted by Gasteiger charge is -2.29. The Labute approximate surface area is 100 Å². The average Bonchev–Trinajstić information content (AvgIpc) is 2.29. The summed E-state index contributed by atoms with van der Waals surface area (Å²) in [5.41, 5.74) is 5.41. The van der Waals surface area contributed by atoms with Gasteiger partial charge in [-0.3, -0.25) is 0 Å². The Balaban J connectivity index is 2.26. The average molecular weight is 257 g/mol. The second-order valence-corrected chi connectivity index (χ2v) is 6.02. The fourth-order valence-corrected chi connectivity index (χ4v) is 3.29. The zero-order valence-corrected chi connectivity index (χ0v) is 10.1. The van der Waals surface area contributed by atoms with Crippen molar-refractivity contribution in [3.05, 3.63) is 18.3 Å². The number of anilines is 1. The summed E-state index contributed by atoms with van der Waals surface area (Å²) < 4.78 is 25.6. The van der Waals surface area contributed by atoms with Crippen molar-refractivity contribution < 1.29 is 13.5 Å². The highest BCUT2D eigenvalue weighted by atomic mass is 32.2. The Bertz CT molecular complexity index is 486. The molecule has 0 aromatic carbocycles. The first-order valence-corrected chi connectivity index (χ1v) is 6.84. The standard InChI is InChI=1S/C10H15N3O3S/c11-10-4-3-9(6-12-10)17(15,16)13-5-1-2-8(14)7-13/h3-4,6,8,14H,1-2,5,7H2,(H2,11,12). The predicted octanol–water partition coefficient (Wildman–Crippen LogP) is -0.191. The number of pyridine rings is 1. The number of rotatable bonds is 2. The molecule has 1 aliphatic rings. The largest absolute Gasteiger partial charge is 0.392 e. The van der Waals surface area contributed by atoms with Crippen molar-refractivity contribution in [3.63, 3.8) is 0 Å². The Morgan fingerprint density at radius 3 is 2.82 bits per heavy atom. The molecule has 0 saturated carbocycles. The Kier molecular flexibility index (Phi) is 3.32. The van der Waals surface area contributed by atoms with Gasteiger partial charge in [-0.2, -0.15) is 4.31 Å². The predicted molar refractivity (Wildman–Crippen MR) is 62.6 cm³/mol. The molecular weight excluding hydrogens is 242 g/mol. The van der Waals surface area contributed by atoms with Gasteiger partial charge >= 0.3 is 0 Å². The maximum Gasteiger partial charge on any atom is 0.244 e. The smallest absolute Gasteiger partial charge is 0.244 e.